The Bertz CT molecular complexity index is 674. The molecule has 25 heavy (non-hydrogen) atoms. The van der Waals surface area contributed by atoms with Gasteiger partial charge in [-0.3, -0.25) is 19.7 Å². The molecular formula is C16H21N3O6. The van der Waals surface area contributed by atoms with Crippen molar-refractivity contribution in [1.82, 2.24) is 10.6 Å². The minimum absolute atomic E-state index is 0.127. The highest BCUT2D eigenvalue weighted by molar-refractivity contribution is 5.90. The van der Waals surface area contributed by atoms with Crippen LogP contribution in [0, 0.1) is 16.0 Å². The molecule has 1 aromatic rings. The van der Waals surface area contributed by atoms with E-state index in [1.54, 1.807) is 19.9 Å². The van der Waals surface area contributed by atoms with Crippen LogP contribution < -0.4 is 10.6 Å². The number of rotatable bonds is 8. The first-order chi connectivity index (χ1) is 11.6. The molecular weight excluding hydrogens is 330 g/mol. The molecule has 2 amide bonds. The molecule has 0 aliphatic carbocycles. The van der Waals surface area contributed by atoms with Crippen LogP contribution in [0.2, 0.25) is 0 Å². The van der Waals surface area contributed by atoms with Gasteiger partial charge in [0, 0.05) is 12.1 Å². The number of carbonyl (C=O) groups is 3. The molecule has 0 aliphatic rings. The summed E-state index contributed by atoms with van der Waals surface area (Å²) in [4.78, 5) is 45.3. The van der Waals surface area contributed by atoms with Crippen molar-refractivity contribution < 1.29 is 24.4 Å². The molecule has 0 saturated heterocycles. The first-order valence-corrected chi connectivity index (χ1v) is 7.67. The number of benzene rings is 1. The molecule has 2 atom stereocenters. The van der Waals surface area contributed by atoms with Crippen LogP contribution in [0.3, 0.4) is 0 Å². The van der Waals surface area contributed by atoms with Gasteiger partial charge in [-0.1, -0.05) is 26.0 Å². The van der Waals surface area contributed by atoms with E-state index >= 15 is 0 Å². The second kappa shape index (κ2) is 8.76. The third-order valence-electron chi connectivity index (χ3n) is 3.49. The number of carboxylic acid groups (broad SMARTS) is 1. The zero-order chi connectivity index (χ0) is 19.1. The first kappa shape index (κ1) is 20.1. The Labute approximate surface area is 144 Å². The molecule has 3 N–H and O–H groups in total. The van der Waals surface area contributed by atoms with Gasteiger partial charge in [-0.05, 0) is 18.4 Å². The number of nitro groups is 1. The lowest BCUT2D eigenvalue weighted by atomic mass is 10.0. The van der Waals surface area contributed by atoms with E-state index in [0.717, 1.165) is 0 Å². The number of nitrogens with zero attached hydrogens (tertiary/aromatic N) is 1. The van der Waals surface area contributed by atoms with Crippen LogP contribution in [-0.2, 0) is 20.8 Å². The fourth-order valence-corrected chi connectivity index (χ4v) is 2.12. The van der Waals surface area contributed by atoms with Crippen LogP contribution in [0.25, 0.3) is 0 Å². The van der Waals surface area contributed by atoms with Gasteiger partial charge in [0.25, 0.3) is 5.69 Å². The van der Waals surface area contributed by atoms with Crippen molar-refractivity contribution in [2.45, 2.75) is 39.3 Å². The van der Waals surface area contributed by atoms with Crippen LogP contribution in [0.4, 0.5) is 5.69 Å². The predicted molar refractivity (Wildman–Crippen MR) is 88.8 cm³/mol. The summed E-state index contributed by atoms with van der Waals surface area (Å²) in [6, 6.07) is 3.64. The average Bonchev–Trinajstić information content (AvgIpc) is 2.51. The van der Waals surface area contributed by atoms with Gasteiger partial charge in [-0.15, -0.1) is 0 Å². The van der Waals surface area contributed by atoms with Gasteiger partial charge >= 0.3 is 5.97 Å². The Morgan fingerprint density at radius 3 is 2.36 bits per heavy atom. The summed E-state index contributed by atoms with van der Waals surface area (Å²) in [5, 5.41) is 24.6. The summed E-state index contributed by atoms with van der Waals surface area (Å²) in [5.41, 5.74) is 0.308. The zero-order valence-corrected chi connectivity index (χ0v) is 14.2. The Morgan fingerprint density at radius 2 is 1.84 bits per heavy atom. The van der Waals surface area contributed by atoms with Crippen LogP contribution >= 0.6 is 0 Å². The van der Waals surface area contributed by atoms with Crippen LogP contribution in [-0.4, -0.2) is 39.9 Å². The monoisotopic (exact) mass is 351 g/mol. The number of aliphatic carboxylic acids is 1. The fourth-order valence-electron chi connectivity index (χ4n) is 2.12. The molecule has 0 unspecified atom stereocenters. The van der Waals surface area contributed by atoms with E-state index in [0.29, 0.717) is 5.56 Å². The van der Waals surface area contributed by atoms with Gasteiger partial charge in [0.1, 0.15) is 12.1 Å². The second-order valence-electron chi connectivity index (χ2n) is 5.96. The number of non-ortho nitro benzene ring substituents is 1. The molecule has 0 aromatic heterocycles. The summed E-state index contributed by atoms with van der Waals surface area (Å²) in [7, 11) is 0. The number of nitro benzene ring substituents is 1. The Morgan fingerprint density at radius 1 is 1.20 bits per heavy atom. The van der Waals surface area contributed by atoms with Gasteiger partial charge in [-0.2, -0.15) is 0 Å². The number of hydrogen-bond acceptors (Lipinski definition) is 5. The number of carbonyl (C=O) groups excluding carboxylic acids is 2. The minimum atomic E-state index is -1.15. The minimum Gasteiger partial charge on any atom is -0.480 e. The van der Waals surface area contributed by atoms with Crippen molar-refractivity contribution in [2.24, 2.45) is 5.92 Å². The quantitative estimate of drug-likeness (QED) is 0.469. The summed E-state index contributed by atoms with van der Waals surface area (Å²) in [6.45, 7) is 4.75. The SMILES string of the molecule is CC(C)[C@H](NC(=O)[C@H](C)NC(=O)Cc1cccc([N+](=O)[O-])c1)C(=O)O. The van der Waals surface area contributed by atoms with Crippen molar-refractivity contribution in [3.05, 3.63) is 39.9 Å². The summed E-state index contributed by atoms with van der Waals surface area (Å²) in [5.74, 6) is -2.58. The van der Waals surface area contributed by atoms with Gasteiger partial charge in [0.15, 0.2) is 0 Å². The molecule has 0 spiro atoms. The molecule has 9 nitrogen and oxygen atoms in total. The summed E-state index contributed by atoms with van der Waals surface area (Å²) in [6.07, 6.45) is -0.133. The molecule has 0 fully saturated rings. The number of carboxylic acids is 1. The standard InChI is InChI=1S/C16H21N3O6/c1-9(2)14(16(22)23)18-15(21)10(3)17-13(20)8-11-5-4-6-12(7-11)19(24)25/h4-7,9-10,14H,8H2,1-3H3,(H,17,20)(H,18,21)(H,22,23)/t10-,14-/m0/s1. The van der Waals surface area contributed by atoms with Gasteiger partial charge in [0.2, 0.25) is 11.8 Å². The Hall–Kier alpha value is -2.97. The number of hydrogen-bond donors (Lipinski definition) is 3. The first-order valence-electron chi connectivity index (χ1n) is 7.67. The molecule has 1 aromatic carbocycles. The maximum Gasteiger partial charge on any atom is 0.326 e. The van der Waals surface area contributed by atoms with E-state index in [9.17, 15) is 24.5 Å². The maximum atomic E-state index is 12.0. The van der Waals surface area contributed by atoms with Gasteiger partial charge in [0.05, 0.1) is 11.3 Å². The van der Waals surface area contributed by atoms with Crippen LogP contribution in [0.1, 0.15) is 26.3 Å². The van der Waals surface area contributed by atoms with Gasteiger partial charge in [-0.25, -0.2) is 4.79 Å². The maximum absolute atomic E-state index is 12.0. The zero-order valence-electron chi connectivity index (χ0n) is 14.2. The molecule has 1 rings (SSSR count). The van der Waals surface area contributed by atoms with E-state index in [-0.39, 0.29) is 18.0 Å². The summed E-state index contributed by atoms with van der Waals surface area (Å²) < 4.78 is 0. The normalized spacial score (nSPS) is 13.0. The largest absolute Gasteiger partial charge is 0.480 e. The van der Waals surface area contributed by atoms with Gasteiger partial charge < -0.3 is 15.7 Å². The van der Waals surface area contributed by atoms with E-state index in [2.05, 4.69) is 10.6 Å². The lowest BCUT2D eigenvalue weighted by Gasteiger charge is -2.21. The smallest absolute Gasteiger partial charge is 0.326 e. The Balaban J connectivity index is 2.64. The molecule has 0 bridgehead atoms. The highest BCUT2D eigenvalue weighted by Gasteiger charge is 2.26. The number of nitrogens with one attached hydrogen (secondary N) is 2. The lowest BCUT2D eigenvalue weighted by molar-refractivity contribution is -0.384. The second-order valence-corrected chi connectivity index (χ2v) is 5.96. The highest BCUT2D eigenvalue weighted by atomic mass is 16.6. The van der Waals surface area contributed by atoms with E-state index < -0.39 is 34.8 Å². The third kappa shape index (κ3) is 6.21. The van der Waals surface area contributed by atoms with Crippen LogP contribution in [0.5, 0.6) is 0 Å². The van der Waals surface area contributed by atoms with E-state index in [1.807, 2.05) is 0 Å². The third-order valence-corrected chi connectivity index (χ3v) is 3.49. The molecule has 0 radical (unpaired) electrons. The topological polar surface area (TPSA) is 139 Å². The van der Waals surface area contributed by atoms with E-state index in [1.165, 1.54) is 25.1 Å². The Kier molecular flexibility index (Phi) is 7.04. The fraction of sp³-hybridized carbons (Fsp3) is 0.438. The van der Waals surface area contributed by atoms with Crippen molar-refractivity contribution in [2.75, 3.05) is 0 Å². The molecule has 136 valence electrons. The van der Waals surface area contributed by atoms with E-state index in [4.69, 9.17) is 5.11 Å². The molecule has 0 aliphatic heterocycles. The van der Waals surface area contributed by atoms with Crippen molar-refractivity contribution in [3.63, 3.8) is 0 Å². The van der Waals surface area contributed by atoms with Crippen molar-refractivity contribution >= 4 is 23.5 Å². The molecule has 0 heterocycles. The van der Waals surface area contributed by atoms with Crippen molar-refractivity contribution in [3.8, 4) is 0 Å². The van der Waals surface area contributed by atoms with Crippen LogP contribution in [0.15, 0.2) is 24.3 Å². The molecule has 0 saturated carbocycles. The molecule has 9 heteroatoms. The summed E-state index contributed by atoms with van der Waals surface area (Å²) >= 11 is 0. The average molecular weight is 351 g/mol. The van der Waals surface area contributed by atoms with Crippen molar-refractivity contribution in [1.29, 1.82) is 0 Å². The highest BCUT2D eigenvalue weighted by Crippen LogP contribution is 2.13. The lowest BCUT2D eigenvalue weighted by Crippen LogP contribution is -2.52. The predicted octanol–water partition coefficient (Wildman–Crippen LogP) is 0.867. The number of amides is 2.